The molecule has 1 unspecified atom stereocenters. The Bertz CT molecular complexity index is 537. The van der Waals surface area contributed by atoms with Gasteiger partial charge in [-0.05, 0) is 19.1 Å². The molecule has 0 aliphatic heterocycles. The molecular formula is C12H13Cl3N2O4. The number of anilines is 2. The Labute approximate surface area is 136 Å². The Balaban J connectivity index is 3.04. The van der Waals surface area contributed by atoms with Crippen LogP contribution >= 0.6 is 34.8 Å². The van der Waals surface area contributed by atoms with Gasteiger partial charge in [-0.3, -0.25) is 10.6 Å². The highest BCUT2D eigenvalue weighted by atomic mass is 35.5. The van der Waals surface area contributed by atoms with Gasteiger partial charge in [-0.1, -0.05) is 11.6 Å². The SMILES string of the molecule is CC(Cl)c1c(Cl)cc(NC(=O)OCCCl)cc1NC(=O)O. The smallest absolute Gasteiger partial charge is 0.411 e. The Hall–Kier alpha value is -1.37. The zero-order valence-corrected chi connectivity index (χ0v) is 13.2. The van der Waals surface area contributed by atoms with E-state index in [1.807, 2.05) is 0 Å². The van der Waals surface area contributed by atoms with Crippen molar-refractivity contribution in [2.24, 2.45) is 0 Å². The first-order valence-corrected chi connectivity index (χ1v) is 7.17. The fourth-order valence-electron chi connectivity index (χ4n) is 1.60. The van der Waals surface area contributed by atoms with Crippen molar-refractivity contribution in [3.63, 3.8) is 0 Å². The molecule has 0 radical (unpaired) electrons. The van der Waals surface area contributed by atoms with Gasteiger partial charge in [-0.25, -0.2) is 9.59 Å². The molecule has 1 rings (SSSR count). The maximum Gasteiger partial charge on any atom is 0.411 e. The molecule has 0 aliphatic carbocycles. The van der Waals surface area contributed by atoms with Crippen molar-refractivity contribution < 1.29 is 19.4 Å². The van der Waals surface area contributed by atoms with Crippen LogP contribution in [0.3, 0.4) is 0 Å². The van der Waals surface area contributed by atoms with Crippen molar-refractivity contribution in [1.82, 2.24) is 0 Å². The fraction of sp³-hybridized carbons (Fsp3) is 0.333. The highest BCUT2D eigenvalue weighted by Crippen LogP contribution is 2.36. The van der Waals surface area contributed by atoms with Crippen LogP contribution in [-0.2, 0) is 4.74 Å². The number of benzene rings is 1. The van der Waals surface area contributed by atoms with E-state index in [-0.39, 0.29) is 28.9 Å². The van der Waals surface area contributed by atoms with Crippen LogP contribution in [0.1, 0.15) is 17.9 Å². The number of hydrogen-bond donors (Lipinski definition) is 3. The average Bonchev–Trinajstić information content (AvgIpc) is 2.34. The molecule has 1 aromatic carbocycles. The molecule has 116 valence electrons. The summed E-state index contributed by atoms with van der Waals surface area (Å²) in [6, 6.07) is 2.85. The molecular weight excluding hydrogens is 343 g/mol. The topological polar surface area (TPSA) is 87.7 Å². The Morgan fingerprint density at radius 2 is 2.05 bits per heavy atom. The molecule has 0 aromatic heterocycles. The van der Waals surface area contributed by atoms with E-state index in [0.29, 0.717) is 5.56 Å². The second-order valence-corrected chi connectivity index (χ2v) is 5.36. The van der Waals surface area contributed by atoms with Gasteiger partial charge in [0.2, 0.25) is 0 Å². The van der Waals surface area contributed by atoms with Gasteiger partial charge in [-0.2, -0.15) is 0 Å². The van der Waals surface area contributed by atoms with Crippen LogP contribution in [0.4, 0.5) is 21.0 Å². The summed E-state index contributed by atoms with van der Waals surface area (Å²) in [7, 11) is 0. The third-order valence-electron chi connectivity index (χ3n) is 2.33. The van der Waals surface area contributed by atoms with Crippen LogP contribution < -0.4 is 10.6 Å². The summed E-state index contributed by atoms with van der Waals surface area (Å²) < 4.78 is 4.75. The van der Waals surface area contributed by atoms with E-state index in [1.165, 1.54) is 12.1 Å². The average molecular weight is 356 g/mol. The lowest BCUT2D eigenvalue weighted by Crippen LogP contribution is -2.16. The Kier molecular flexibility index (Phi) is 6.87. The lowest BCUT2D eigenvalue weighted by molar-refractivity contribution is 0.168. The molecule has 9 heteroatoms. The molecule has 0 saturated carbocycles. The summed E-state index contributed by atoms with van der Waals surface area (Å²) in [5.74, 6) is 0.169. The molecule has 0 aliphatic rings. The van der Waals surface area contributed by atoms with Gasteiger partial charge >= 0.3 is 12.2 Å². The van der Waals surface area contributed by atoms with Gasteiger partial charge in [0.05, 0.1) is 16.9 Å². The van der Waals surface area contributed by atoms with Crippen molar-refractivity contribution >= 4 is 58.4 Å². The van der Waals surface area contributed by atoms with Crippen LogP contribution in [-0.4, -0.2) is 29.8 Å². The molecule has 3 N–H and O–H groups in total. The van der Waals surface area contributed by atoms with E-state index in [2.05, 4.69) is 10.6 Å². The van der Waals surface area contributed by atoms with Crippen LogP contribution in [0, 0.1) is 0 Å². The molecule has 0 heterocycles. The standard InChI is InChI=1S/C12H13Cl3N2O4/c1-6(14)10-8(15)4-7(5-9(10)17-11(18)19)16-12(20)21-3-2-13/h4-6,17H,2-3H2,1H3,(H,16,20)(H,18,19). The third-order valence-corrected chi connectivity index (χ3v) is 3.01. The van der Waals surface area contributed by atoms with Gasteiger partial charge in [0.25, 0.3) is 0 Å². The normalized spacial score (nSPS) is 11.6. The predicted molar refractivity (Wildman–Crippen MR) is 83.1 cm³/mol. The summed E-state index contributed by atoms with van der Waals surface area (Å²) in [5, 5.41) is 13.1. The quantitative estimate of drug-likeness (QED) is 0.678. The van der Waals surface area contributed by atoms with E-state index >= 15 is 0 Å². The zero-order chi connectivity index (χ0) is 16.0. The number of carbonyl (C=O) groups is 2. The number of ether oxygens (including phenoxy) is 1. The molecule has 2 amide bonds. The number of halogens is 3. The van der Waals surface area contributed by atoms with Crippen LogP contribution in [0.5, 0.6) is 0 Å². The summed E-state index contributed by atoms with van der Waals surface area (Å²) in [4.78, 5) is 22.2. The minimum absolute atomic E-state index is 0.0537. The predicted octanol–water partition coefficient (Wildman–Crippen LogP) is 4.52. The van der Waals surface area contributed by atoms with Crippen molar-refractivity contribution in [3.05, 3.63) is 22.7 Å². The maximum absolute atomic E-state index is 11.4. The summed E-state index contributed by atoms with van der Waals surface area (Å²) in [6.45, 7) is 1.70. The van der Waals surface area contributed by atoms with Gasteiger partial charge in [0.15, 0.2) is 0 Å². The highest BCUT2D eigenvalue weighted by molar-refractivity contribution is 6.33. The van der Waals surface area contributed by atoms with Gasteiger partial charge in [0.1, 0.15) is 6.61 Å². The van der Waals surface area contributed by atoms with E-state index in [0.717, 1.165) is 0 Å². The summed E-state index contributed by atoms with van der Waals surface area (Å²) in [5.41, 5.74) is 0.870. The minimum Gasteiger partial charge on any atom is -0.465 e. The number of alkyl halides is 2. The van der Waals surface area contributed by atoms with E-state index in [9.17, 15) is 9.59 Å². The molecule has 1 aromatic rings. The highest BCUT2D eigenvalue weighted by Gasteiger charge is 2.17. The number of hydrogen-bond acceptors (Lipinski definition) is 3. The Morgan fingerprint density at radius 1 is 1.38 bits per heavy atom. The molecule has 1 atom stereocenters. The first-order chi connectivity index (χ1) is 9.85. The van der Waals surface area contributed by atoms with Crippen LogP contribution in [0.2, 0.25) is 5.02 Å². The zero-order valence-electron chi connectivity index (χ0n) is 11.0. The van der Waals surface area contributed by atoms with E-state index in [1.54, 1.807) is 6.92 Å². The summed E-state index contributed by atoms with van der Waals surface area (Å²) >= 11 is 17.4. The number of rotatable bonds is 5. The number of carboxylic acid groups (broad SMARTS) is 1. The fourth-order valence-corrected chi connectivity index (χ4v) is 2.35. The molecule has 21 heavy (non-hydrogen) atoms. The van der Waals surface area contributed by atoms with Crippen molar-refractivity contribution in [2.45, 2.75) is 12.3 Å². The molecule has 0 spiro atoms. The lowest BCUT2D eigenvalue weighted by atomic mass is 10.1. The van der Waals surface area contributed by atoms with Crippen LogP contribution in [0.15, 0.2) is 12.1 Å². The second kappa shape index (κ2) is 8.17. The largest absolute Gasteiger partial charge is 0.465 e. The lowest BCUT2D eigenvalue weighted by Gasteiger charge is -2.15. The minimum atomic E-state index is -1.27. The van der Waals surface area contributed by atoms with Gasteiger partial charge in [0, 0.05) is 16.3 Å². The molecule has 6 nitrogen and oxygen atoms in total. The molecule has 0 saturated heterocycles. The third kappa shape index (κ3) is 5.49. The monoisotopic (exact) mass is 354 g/mol. The Morgan fingerprint density at radius 3 is 2.57 bits per heavy atom. The number of carbonyl (C=O) groups excluding carboxylic acids is 1. The van der Waals surface area contributed by atoms with E-state index in [4.69, 9.17) is 44.6 Å². The number of amides is 2. The maximum atomic E-state index is 11.4. The first-order valence-electron chi connectivity index (χ1n) is 5.82. The summed E-state index contributed by atoms with van der Waals surface area (Å²) in [6.07, 6.45) is -1.99. The molecule has 0 fully saturated rings. The van der Waals surface area contributed by atoms with Crippen LogP contribution in [0.25, 0.3) is 0 Å². The molecule has 0 bridgehead atoms. The second-order valence-electron chi connectivity index (χ2n) is 3.92. The van der Waals surface area contributed by atoms with Crippen molar-refractivity contribution in [2.75, 3.05) is 23.1 Å². The van der Waals surface area contributed by atoms with Crippen molar-refractivity contribution in [3.8, 4) is 0 Å². The van der Waals surface area contributed by atoms with Gasteiger partial charge < -0.3 is 9.84 Å². The first kappa shape index (κ1) is 17.7. The van der Waals surface area contributed by atoms with E-state index < -0.39 is 17.6 Å². The van der Waals surface area contributed by atoms with Crippen molar-refractivity contribution in [1.29, 1.82) is 0 Å². The van der Waals surface area contributed by atoms with Gasteiger partial charge in [-0.15, -0.1) is 23.2 Å². The number of nitrogens with one attached hydrogen (secondary N) is 2.